The van der Waals surface area contributed by atoms with Gasteiger partial charge in [-0.2, -0.15) is 5.26 Å². The van der Waals surface area contributed by atoms with E-state index in [1.165, 1.54) is 19.1 Å². The monoisotopic (exact) mass is 441 g/mol. The Kier molecular flexibility index (Phi) is 5.53. The minimum absolute atomic E-state index is 0.00478. The summed E-state index contributed by atoms with van der Waals surface area (Å²) in [6.45, 7) is 1.35. The Morgan fingerprint density at radius 3 is 2.55 bits per heavy atom. The molecule has 162 valence electrons. The van der Waals surface area contributed by atoms with Gasteiger partial charge >= 0.3 is 5.97 Å². The number of hydrogen-bond acceptors (Lipinski definition) is 7. The standard InChI is InChI=1S/C23H15N5O5/c1-12(29)26-19-9-16-20(10-14(19)17-4-2-3-7-25-17)33-28-21(16)22(30)27-18-6-5-13(11-24)8-15(18)23(31)32/h2-10H,1H3,(H,26,29)(H,27,30)(H,31,32). The molecule has 0 atom stereocenters. The number of hydrogen-bond donors (Lipinski definition) is 3. The summed E-state index contributed by atoms with van der Waals surface area (Å²) in [6, 6.07) is 14.2. The van der Waals surface area contributed by atoms with Gasteiger partial charge in [-0.25, -0.2) is 4.79 Å². The summed E-state index contributed by atoms with van der Waals surface area (Å²) < 4.78 is 5.33. The van der Waals surface area contributed by atoms with E-state index in [0.29, 0.717) is 22.3 Å². The first-order valence-corrected chi connectivity index (χ1v) is 9.58. The number of carbonyl (C=O) groups excluding carboxylic acids is 2. The first-order valence-electron chi connectivity index (χ1n) is 9.58. The van der Waals surface area contributed by atoms with Crippen LogP contribution in [0, 0.1) is 11.3 Å². The van der Waals surface area contributed by atoms with Crippen molar-refractivity contribution in [2.75, 3.05) is 10.6 Å². The minimum atomic E-state index is -1.31. The van der Waals surface area contributed by atoms with Crippen molar-refractivity contribution >= 4 is 40.1 Å². The number of nitrogens with one attached hydrogen (secondary N) is 2. The fourth-order valence-corrected chi connectivity index (χ4v) is 3.26. The molecule has 2 aromatic carbocycles. The number of carboxylic acids is 1. The van der Waals surface area contributed by atoms with Gasteiger partial charge in [-0.15, -0.1) is 0 Å². The van der Waals surface area contributed by atoms with Crippen molar-refractivity contribution in [2.24, 2.45) is 0 Å². The van der Waals surface area contributed by atoms with Gasteiger partial charge in [-0.1, -0.05) is 11.2 Å². The molecule has 2 amide bonds. The average Bonchev–Trinajstić information content (AvgIpc) is 3.21. The van der Waals surface area contributed by atoms with E-state index < -0.39 is 11.9 Å². The van der Waals surface area contributed by atoms with Crippen molar-refractivity contribution in [1.29, 1.82) is 5.26 Å². The maximum Gasteiger partial charge on any atom is 0.337 e. The summed E-state index contributed by atoms with van der Waals surface area (Å²) in [4.78, 5) is 40.5. The third-order valence-electron chi connectivity index (χ3n) is 4.70. The van der Waals surface area contributed by atoms with Gasteiger partial charge in [-0.05, 0) is 42.5 Å². The van der Waals surface area contributed by atoms with Crippen LogP contribution in [-0.2, 0) is 4.79 Å². The largest absolute Gasteiger partial charge is 0.478 e. The number of nitrogens with zero attached hydrogens (tertiary/aromatic N) is 3. The maximum atomic E-state index is 12.9. The molecular weight excluding hydrogens is 426 g/mol. The highest BCUT2D eigenvalue weighted by atomic mass is 16.5. The van der Waals surface area contributed by atoms with Crippen molar-refractivity contribution < 1.29 is 24.0 Å². The van der Waals surface area contributed by atoms with Crippen LogP contribution in [-0.4, -0.2) is 33.0 Å². The van der Waals surface area contributed by atoms with Gasteiger partial charge in [-0.3, -0.25) is 14.6 Å². The maximum absolute atomic E-state index is 12.9. The minimum Gasteiger partial charge on any atom is -0.478 e. The second kappa shape index (κ2) is 8.60. The summed E-state index contributed by atoms with van der Waals surface area (Å²) >= 11 is 0. The molecule has 3 N–H and O–H groups in total. The van der Waals surface area contributed by atoms with Gasteiger partial charge in [0.25, 0.3) is 5.91 Å². The predicted octanol–water partition coefficient (Wildman–Crippen LogP) is 3.67. The highest BCUT2D eigenvalue weighted by Gasteiger charge is 2.22. The van der Waals surface area contributed by atoms with Gasteiger partial charge in [0.2, 0.25) is 5.91 Å². The Bertz CT molecular complexity index is 1450. The van der Waals surface area contributed by atoms with E-state index in [1.807, 2.05) is 6.07 Å². The molecule has 0 bridgehead atoms. The lowest BCUT2D eigenvalue weighted by Crippen LogP contribution is -2.15. The number of fused-ring (bicyclic) bond motifs is 1. The highest BCUT2D eigenvalue weighted by Crippen LogP contribution is 2.33. The number of amides is 2. The van der Waals surface area contributed by atoms with Crippen molar-refractivity contribution in [3.63, 3.8) is 0 Å². The number of aromatic carboxylic acids is 1. The average molecular weight is 441 g/mol. The van der Waals surface area contributed by atoms with Crippen LogP contribution in [0.25, 0.3) is 22.2 Å². The van der Waals surface area contributed by atoms with Crippen molar-refractivity contribution in [1.82, 2.24) is 10.1 Å². The number of rotatable bonds is 5. The van der Waals surface area contributed by atoms with Crippen LogP contribution in [0.2, 0.25) is 0 Å². The predicted molar refractivity (Wildman–Crippen MR) is 118 cm³/mol. The number of carbonyl (C=O) groups is 3. The molecule has 4 aromatic rings. The zero-order chi connectivity index (χ0) is 23.5. The molecule has 0 aliphatic rings. The van der Waals surface area contributed by atoms with E-state index >= 15 is 0 Å². The number of anilines is 2. The van der Waals surface area contributed by atoms with E-state index in [2.05, 4.69) is 20.8 Å². The van der Waals surface area contributed by atoms with E-state index in [4.69, 9.17) is 9.78 Å². The van der Waals surface area contributed by atoms with E-state index in [1.54, 1.807) is 36.5 Å². The first kappa shape index (κ1) is 21.2. The van der Waals surface area contributed by atoms with Crippen LogP contribution in [0.3, 0.4) is 0 Å². The Labute approximate surface area is 186 Å². The van der Waals surface area contributed by atoms with Crippen LogP contribution in [0.4, 0.5) is 11.4 Å². The first-order chi connectivity index (χ1) is 15.9. The molecule has 0 aliphatic heterocycles. The zero-order valence-electron chi connectivity index (χ0n) is 17.1. The van der Waals surface area contributed by atoms with Crippen LogP contribution < -0.4 is 10.6 Å². The number of carboxylic acid groups (broad SMARTS) is 1. The lowest BCUT2D eigenvalue weighted by molar-refractivity contribution is -0.114. The molecule has 2 aromatic heterocycles. The van der Waals surface area contributed by atoms with Crippen LogP contribution in [0.5, 0.6) is 0 Å². The quantitative estimate of drug-likeness (QED) is 0.423. The Morgan fingerprint density at radius 2 is 1.88 bits per heavy atom. The molecule has 10 heteroatoms. The van der Waals surface area contributed by atoms with Crippen molar-refractivity contribution in [3.8, 4) is 17.3 Å². The van der Waals surface area contributed by atoms with Gasteiger partial charge in [0, 0.05) is 18.7 Å². The van der Waals surface area contributed by atoms with E-state index in [0.717, 1.165) is 6.07 Å². The van der Waals surface area contributed by atoms with E-state index in [-0.39, 0.29) is 34.0 Å². The molecule has 0 aliphatic carbocycles. The second-order valence-electron chi connectivity index (χ2n) is 6.95. The fourth-order valence-electron chi connectivity index (χ4n) is 3.26. The summed E-state index contributed by atoms with van der Waals surface area (Å²) in [5.74, 6) is -2.35. The third kappa shape index (κ3) is 4.24. The van der Waals surface area contributed by atoms with Crippen molar-refractivity contribution in [2.45, 2.75) is 6.92 Å². The SMILES string of the molecule is CC(=O)Nc1cc2c(C(=O)Nc3ccc(C#N)cc3C(=O)O)noc2cc1-c1ccccn1. The Balaban J connectivity index is 1.77. The molecule has 4 rings (SSSR count). The highest BCUT2D eigenvalue weighted by molar-refractivity contribution is 6.14. The Morgan fingerprint density at radius 1 is 1.06 bits per heavy atom. The molecule has 0 saturated carbocycles. The molecule has 0 spiro atoms. The van der Waals surface area contributed by atoms with Gasteiger partial charge in [0.15, 0.2) is 11.3 Å². The fraction of sp³-hybridized carbons (Fsp3) is 0.0435. The zero-order valence-corrected chi connectivity index (χ0v) is 17.1. The molecule has 0 saturated heterocycles. The number of aromatic nitrogens is 2. The number of nitriles is 1. The van der Waals surface area contributed by atoms with E-state index in [9.17, 15) is 19.5 Å². The molecule has 33 heavy (non-hydrogen) atoms. The van der Waals surface area contributed by atoms with Gasteiger partial charge < -0.3 is 20.3 Å². The molecular formula is C23H15N5O5. The molecule has 0 fully saturated rings. The number of benzene rings is 2. The third-order valence-corrected chi connectivity index (χ3v) is 4.70. The van der Waals surface area contributed by atoms with Crippen LogP contribution >= 0.6 is 0 Å². The smallest absolute Gasteiger partial charge is 0.337 e. The molecule has 10 nitrogen and oxygen atoms in total. The van der Waals surface area contributed by atoms with Gasteiger partial charge in [0.05, 0.1) is 39.7 Å². The summed E-state index contributed by atoms with van der Waals surface area (Å²) in [5.41, 5.74) is 1.60. The summed E-state index contributed by atoms with van der Waals surface area (Å²) in [5, 5.41) is 27.8. The lowest BCUT2D eigenvalue weighted by atomic mass is 10.0. The van der Waals surface area contributed by atoms with Crippen molar-refractivity contribution in [3.05, 3.63) is 71.5 Å². The van der Waals surface area contributed by atoms with Gasteiger partial charge in [0.1, 0.15) is 0 Å². The van der Waals surface area contributed by atoms with Crippen LogP contribution in [0.1, 0.15) is 33.3 Å². The second-order valence-corrected chi connectivity index (χ2v) is 6.95. The lowest BCUT2D eigenvalue weighted by Gasteiger charge is -2.10. The Hall–Kier alpha value is -5.04. The number of pyridine rings is 1. The topological polar surface area (TPSA) is 158 Å². The molecule has 0 unspecified atom stereocenters. The summed E-state index contributed by atoms with van der Waals surface area (Å²) in [6.07, 6.45) is 1.61. The normalized spacial score (nSPS) is 10.4. The van der Waals surface area contributed by atoms with Crippen LogP contribution in [0.15, 0.2) is 59.3 Å². The molecule has 0 radical (unpaired) electrons. The summed E-state index contributed by atoms with van der Waals surface area (Å²) in [7, 11) is 0. The molecule has 2 heterocycles.